The Labute approximate surface area is 140 Å². The molecular weight excluding hydrogens is 284 g/mol. The molecule has 2 aromatic rings. The van der Waals surface area contributed by atoms with Crippen molar-refractivity contribution in [2.45, 2.75) is 47.5 Å². The lowest BCUT2D eigenvalue weighted by molar-refractivity contribution is 0.720. The quantitative estimate of drug-likeness (QED) is 0.799. The topological polar surface area (TPSA) is 41.1 Å². The van der Waals surface area contributed by atoms with Gasteiger partial charge in [-0.2, -0.15) is 4.98 Å². The summed E-state index contributed by atoms with van der Waals surface area (Å²) in [5, 5.41) is 3.43. The van der Waals surface area contributed by atoms with Crippen molar-refractivity contribution in [3.8, 4) is 0 Å². The van der Waals surface area contributed by atoms with Crippen LogP contribution in [0.4, 0.5) is 17.5 Å². The molecule has 0 radical (unpaired) electrons. The molecule has 1 N–H and O–H groups in total. The van der Waals surface area contributed by atoms with E-state index in [9.17, 15) is 0 Å². The molecule has 23 heavy (non-hydrogen) atoms. The van der Waals surface area contributed by atoms with E-state index in [1.165, 1.54) is 11.1 Å². The zero-order chi connectivity index (χ0) is 16.8. The number of hydrogen-bond donors (Lipinski definition) is 1. The molecular formula is C19H28N4. The summed E-state index contributed by atoms with van der Waals surface area (Å²) in [5.74, 6) is 1.68. The number of nitrogens with zero attached hydrogens (tertiary/aromatic N) is 3. The number of anilines is 3. The first-order valence-corrected chi connectivity index (χ1v) is 8.47. The zero-order valence-corrected chi connectivity index (χ0v) is 15.0. The van der Waals surface area contributed by atoms with Crippen LogP contribution in [0.15, 0.2) is 24.3 Å². The molecule has 2 rings (SSSR count). The fourth-order valence-electron chi connectivity index (χ4n) is 2.80. The van der Waals surface area contributed by atoms with Gasteiger partial charge in [0.1, 0.15) is 5.82 Å². The summed E-state index contributed by atoms with van der Waals surface area (Å²) in [4.78, 5) is 11.6. The maximum absolute atomic E-state index is 4.73. The Bertz CT molecular complexity index is 626. The van der Waals surface area contributed by atoms with Gasteiger partial charge in [-0.05, 0) is 56.9 Å². The van der Waals surface area contributed by atoms with Crippen LogP contribution in [-0.2, 0) is 0 Å². The van der Waals surface area contributed by atoms with Crippen molar-refractivity contribution in [3.63, 3.8) is 0 Å². The van der Waals surface area contributed by atoms with E-state index in [-0.39, 0.29) is 0 Å². The van der Waals surface area contributed by atoms with Gasteiger partial charge in [-0.3, -0.25) is 0 Å². The fourth-order valence-corrected chi connectivity index (χ4v) is 2.80. The molecule has 4 heteroatoms. The van der Waals surface area contributed by atoms with Gasteiger partial charge in [0.2, 0.25) is 5.95 Å². The molecule has 0 amide bonds. The summed E-state index contributed by atoms with van der Waals surface area (Å²) in [6.07, 6.45) is 2.19. The molecule has 0 atom stereocenters. The Balaban J connectivity index is 2.28. The highest BCUT2D eigenvalue weighted by Crippen LogP contribution is 2.21. The summed E-state index contributed by atoms with van der Waals surface area (Å²) in [6.45, 7) is 12.6. The summed E-state index contributed by atoms with van der Waals surface area (Å²) in [6, 6.07) is 8.45. The summed E-state index contributed by atoms with van der Waals surface area (Å²) >= 11 is 0. The Morgan fingerprint density at radius 1 is 0.870 bits per heavy atom. The van der Waals surface area contributed by atoms with Crippen molar-refractivity contribution in [1.29, 1.82) is 0 Å². The van der Waals surface area contributed by atoms with Crippen LogP contribution in [0.3, 0.4) is 0 Å². The Hall–Kier alpha value is -2.10. The van der Waals surface area contributed by atoms with Crippen LogP contribution < -0.4 is 10.2 Å². The Kier molecular flexibility index (Phi) is 5.97. The minimum atomic E-state index is 0.820. The van der Waals surface area contributed by atoms with Crippen molar-refractivity contribution >= 4 is 17.5 Å². The molecule has 0 aliphatic rings. The van der Waals surface area contributed by atoms with Crippen LogP contribution >= 0.6 is 0 Å². The zero-order valence-electron chi connectivity index (χ0n) is 15.0. The summed E-state index contributed by atoms with van der Waals surface area (Å²) in [5.41, 5.74) is 4.55. The second kappa shape index (κ2) is 7.95. The van der Waals surface area contributed by atoms with Gasteiger partial charge < -0.3 is 10.2 Å². The minimum Gasteiger partial charge on any atom is -0.341 e. The van der Waals surface area contributed by atoms with Crippen LogP contribution in [0.1, 0.15) is 43.5 Å². The van der Waals surface area contributed by atoms with E-state index >= 15 is 0 Å². The van der Waals surface area contributed by atoms with E-state index in [4.69, 9.17) is 4.98 Å². The molecule has 4 nitrogen and oxygen atoms in total. The predicted molar refractivity (Wildman–Crippen MR) is 98.8 cm³/mol. The van der Waals surface area contributed by atoms with Crippen LogP contribution in [0.25, 0.3) is 0 Å². The Morgan fingerprint density at radius 3 is 2.04 bits per heavy atom. The van der Waals surface area contributed by atoms with Crippen molar-refractivity contribution < 1.29 is 0 Å². The molecule has 0 aliphatic carbocycles. The molecule has 0 fully saturated rings. The van der Waals surface area contributed by atoms with Crippen molar-refractivity contribution in [2.24, 2.45) is 0 Å². The smallest absolute Gasteiger partial charge is 0.227 e. The second-order valence-corrected chi connectivity index (χ2v) is 6.18. The number of nitrogens with one attached hydrogen (secondary N) is 1. The second-order valence-electron chi connectivity index (χ2n) is 6.18. The average Bonchev–Trinajstić information content (AvgIpc) is 2.45. The molecule has 1 aromatic carbocycles. The first kappa shape index (κ1) is 17.3. The summed E-state index contributed by atoms with van der Waals surface area (Å²) < 4.78 is 0. The lowest BCUT2D eigenvalue weighted by atomic mass is 10.1. The van der Waals surface area contributed by atoms with E-state index in [1.54, 1.807) is 0 Å². The molecule has 0 aliphatic heterocycles. The van der Waals surface area contributed by atoms with Crippen LogP contribution in [0, 0.1) is 20.8 Å². The summed E-state index contributed by atoms with van der Waals surface area (Å²) in [7, 11) is 0. The van der Waals surface area contributed by atoms with E-state index < -0.39 is 0 Å². The largest absolute Gasteiger partial charge is 0.341 e. The van der Waals surface area contributed by atoms with Crippen LogP contribution in [-0.4, -0.2) is 23.1 Å². The van der Waals surface area contributed by atoms with Crippen molar-refractivity contribution in [1.82, 2.24) is 9.97 Å². The molecule has 124 valence electrons. The number of aromatic nitrogens is 2. The Morgan fingerprint density at radius 2 is 1.48 bits per heavy atom. The van der Waals surface area contributed by atoms with Gasteiger partial charge >= 0.3 is 0 Å². The lowest BCUT2D eigenvalue weighted by Crippen LogP contribution is -2.27. The van der Waals surface area contributed by atoms with Gasteiger partial charge in [0.25, 0.3) is 0 Å². The van der Waals surface area contributed by atoms with E-state index in [2.05, 4.69) is 61.1 Å². The van der Waals surface area contributed by atoms with Crippen molar-refractivity contribution in [2.75, 3.05) is 23.3 Å². The standard InChI is InChI=1S/C19H28N4/c1-6-8-23(9-7-2)19-20-16(5)13-18(22-19)21-17-11-14(3)10-15(4)12-17/h10-13H,6-9H2,1-5H3,(H,20,21,22). The van der Waals surface area contributed by atoms with Gasteiger partial charge in [0.15, 0.2) is 0 Å². The van der Waals surface area contributed by atoms with Crippen LogP contribution in [0.2, 0.25) is 0 Å². The van der Waals surface area contributed by atoms with Crippen molar-refractivity contribution in [3.05, 3.63) is 41.1 Å². The fraction of sp³-hybridized carbons (Fsp3) is 0.474. The predicted octanol–water partition coefficient (Wildman–Crippen LogP) is 4.77. The van der Waals surface area contributed by atoms with E-state index in [0.717, 1.165) is 49.1 Å². The number of rotatable bonds is 7. The van der Waals surface area contributed by atoms with E-state index in [0.29, 0.717) is 0 Å². The maximum atomic E-state index is 4.73. The molecule has 0 saturated carbocycles. The van der Waals surface area contributed by atoms with Gasteiger partial charge in [-0.15, -0.1) is 0 Å². The third-order valence-electron chi connectivity index (χ3n) is 3.61. The van der Waals surface area contributed by atoms with Gasteiger partial charge in [-0.25, -0.2) is 4.98 Å². The first-order chi connectivity index (χ1) is 11.0. The lowest BCUT2D eigenvalue weighted by Gasteiger charge is -2.22. The number of benzene rings is 1. The molecule has 1 heterocycles. The normalized spacial score (nSPS) is 10.7. The number of hydrogen-bond acceptors (Lipinski definition) is 4. The average molecular weight is 312 g/mol. The molecule has 1 aromatic heterocycles. The third-order valence-corrected chi connectivity index (χ3v) is 3.61. The van der Waals surface area contributed by atoms with Gasteiger partial charge in [0, 0.05) is 30.5 Å². The third kappa shape index (κ3) is 4.95. The molecule has 0 unspecified atom stereocenters. The maximum Gasteiger partial charge on any atom is 0.227 e. The van der Waals surface area contributed by atoms with Crippen LogP contribution in [0.5, 0.6) is 0 Å². The SMILES string of the molecule is CCCN(CCC)c1nc(C)cc(Nc2cc(C)cc(C)c2)n1. The minimum absolute atomic E-state index is 0.820. The number of aryl methyl sites for hydroxylation is 3. The molecule has 0 saturated heterocycles. The molecule has 0 bridgehead atoms. The first-order valence-electron chi connectivity index (χ1n) is 8.47. The highest BCUT2D eigenvalue weighted by molar-refractivity contribution is 5.59. The van der Waals surface area contributed by atoms with Gasteiger partial charge in [-0.1, -0.05) is 19.9 Å². The highest BCUT2D eigenvalue weighted by Gasteiger charge is 2.10. The van der Waals surface area contributed by atoms with Gasteiger partial charge in [0.05, 0.1) is 0 Å². The molecule has 0 spiro atoms. The monoisotopic (exact) mass is 312 g/mol. The highest BCUT2D eigenvalue weighted by atomic mass is 15.3. The van der Waals surface area contributed by atoms with E-state index in [1.807, 2.05) is 13.0 Å².